The summed E-state index contributed by atoms with van der Waals surface area (Å²) in [6.07, 6.45) is 9.87. The Morgan fingerprint density at radius 3 is 2.22 bits per heavy atom. The van der Waals surface area contributed by atoms with Gasteiger partial charge in [0, 0.05) is 11.6 Å². The summed E-state index contributed by atoms with van der Waals surface area (Å²) in [4.78, 5) is 5.05. The number of fused-ring (bicyclic) bond motifs is 1. The number of piperidine rings is 2. The molecule has 0 spiro atoms. The Labute approximate surface area is 226 Å². The third kappa shape index (κ3) is 7.40. The highest BCUT2D eigenvalue weighted by Gasteiger charge is 2.18. The molecule has 2 aliphatic rings. The number of nitrogens with zero attached hydrogens (tertiary/aromatic N) is 2. The maximum absolute atomic E-state index is 6.30. The second-order valence-corrected chi connectivity index (χ2v) is 11.0. The van der Waals surface area contributed by atoms with E-state index < -0.39 is 0 Å². The molecule has 6 nitrogen and oxygen atoms in total. The van der Waals surface area contributed by atoms with Gasteiger partial charge in [-0.25, -0.2) is 4.98 Å². The standard InChI is InChI=1S/C30H41ClN4O2/c31-25-8-10-26(11-9-25)37-22-29-34-30-27(35(29)20-2-4-23-12-16-32-17-13-23)6-1-7-28(30)36-21-3-5-24-14-18-33-19-15-24/h1,6-11,23-24,32-33H,2-5,12-22H2. The number of para-hydroxylation sites is 1. The van der Waals surface area contributed by atoms with Gasteiger partial charge in [0.2, 0.25) is 0 Å². The van der Waals surface area contributed by atoms with Crippen molar-refractivity contribution >= 4 is 22.6 Å². The Balaban J connectivity index is 1.27. The minimum atomic E-state index is 0.415. The van der Waals surface area contributed by atoms with E-state index in [2.05, 4.69) is 33.4 Å². The molecule has 1 aromatic heterocycles. The number of aryl methyl sites for hydroxylation is 1. The molecule has 0 unspecified atom stereocenters. The highest BCUT2D eigenvalue weighted by Crippen LogP contribution is 2.29. The van der Waals surface area contributed by atoms with Gasteiger partial charge < -0.3 is 24.7 Å². The van der Waals surface area contributed by atoms with Gasteiger partial charge >= 0.3 is 0 Å². The normalized spacial score (nSPS) is 17.3. The Morgan fingerprint density at radius 1 is 0.838 bits per heavy atom. The van der Waals surface area contributed by atoms with E-state index >= 15 is 0 Å². The van der Waals surface area contributed by atoms with Crippen molar-refractivity contribution in [2.45, 2.75) is 64.5 Å². The first-order valence-electron chi connectivity index (χ1n) is 14.2. The van der Waals surface area contributed by atoms with Gasteiger partial charge in [0.1, 0.15) is 29.4 Å². The number of hydrogen-bond donors (Lipinski definition) is 2. The fourth-order valence-corrected chi connectivity index (χ4v) is 5.88. The van der Waals surface area contributed by atoms with E-state index in [4.69, 9.17) is 26.1 Å². The summed E-state index contributed by atoms with van der Waals surface area (Å²) in [6.45, 7) is 6.70. The largest absolute Gasteiger partial charge is 0.491 e. The quantitative estimate of drug-likeness (QED) is 0.276. The van der Waals surface area contributed by atoms with Crippen LogP contribution in [0.25, 0.3) is 11.0 Å². The fourth-order valence-electron chi connectivity index (χ4n) is 5.76. The number of ether oxygens (including phenoxy) is 2. The van der Waals surface area contributed by atoms with Crippen molar-refractivity contribution in [2.24, 2.45) is 11.8 Å². The summed E-state index contributed by atoms with van der Waals surface area (Å²) in [5, 5.41) is 7.64. The lowest BCUT2D eigenvalue weighted by Crippen LogP contribution is -2.27. The maximum atomic E-state index is 6.30. The molecule has 2 saturated heterocycles. The molecule has 0 aliphatic carbocycles. The predicted molar refractivity (Wildman–Crippen MR) is 151 cm³/mol. The Morgan fingerprint density at radius 2 is 1.51 bits per heavy atom. The van der Waals surface area contributed by atoms with Gasteiger partial charge in [-0.2, -0.15) is 0 Å². The fraction of sp³-hybridized carbons (Fsp3) is 0.567. The van der Waals surface area contributed by atoms with Crippen molar-refractivity contribution in [1.82, 2.24) is 20.2 Å². The number of hydrogen-bond acceptors (Lipinski definition) is 5. The molecule has 0 saturated carbocycles. The van der Waals surface area contributed by atoms with E-state index in [0.29, 0.717) is 11.6 Å². The predicted octanol–water partition coefficient (Wildman–Crippen LogP) is 6.21. The SMILES string of the molecule is Clc1ccc(OCc2nc3c(OCCCC4CCNCC4)cccc3n2CCCC2CCNCC2)cc1. The minimum Gasteiger partial charge on any atom is -0.491 e. The summed E-state index contributed by atoms with van der Waals surface area (Å²) >= 11 is 6.05. The third-order valence-corrected chi connectivity index (χ3v) is 8.18. The molecule has 0 atom stereocenters. The van der Waals surface area contributed by atoms with E-state index in [1.54, 1.807) is 0 Å². The number of aromatic nitrogens is 2. The molecule has 5 rings (SSSR count). The van der Waals surface area contributed by atoms with Crippen LogP contribution in [0.4, 0.5) is 0 Å². The van der Waals surface area contributed by atoms with Gasteiger partial charge in [-0.15, -0.1) is 0 Å². The number of benzene rings is 2. The first-order chi connectivity index (χ1) is 18.3. The number of nitrogens with one attached hydrogen (secondary N) is 2. The van der Waals surface area contributed by atoms with Gasteiger partial charge in [-0.3, -0.25) is 0 Å². The first kappa shape index (κ1) is 26.3. The molecule has 3 heterocycles. The van der Waals surface area contributed by atoms with Crippen molar-refractivity contribution in [1.29, 1.82) is 0 Å². The van der Waals surface area contributed by atoms with Crippen LogP contribution in [0.2, 0.25) is 5.02 Å². The molecule has 37 heavy (non-hydrogen) atoms. The molecule has 2 N–H and O–H groups in total. The highest BCUT2D eigenvalue weighted by atomic mass is 35.5. The zero-order chi connectivity index (χ0) is 25.3. The molecule has 2 aromatic carbocycles. The zero-order valence-electron chi connectivity index (χ0n) is 21.9. The van der Waals surface area contributed by atoms with Crippen LogP contribution >= 0.6 is 11.6 Å². The second kappa shape index (κ2) is 13.5. The van der Waals surface area contributed by atoms with Gasteiger partial charge in [-0.05, 0) is 126 Å². The first-order valence-corrected chi connectivity index (χ1v) is 14.5. The molecule has 0 amide bonds. The summed E-state index contributed by atoms with van der Waals surface area (Å²) < 4.78 is 14.8. The van der Waals surface area contributed by atoms with Gasteiger partial charge in [-0.1, -0.05) is 17.7 Å². The Hall–Kier alpha value is -2.28. The van der Waals surface area contributed by atoms with E-state index in [-0.39, 0.29) is 0 Å². The lowest BCUT2D eigenvalue weighted by molar-refractivity contribution is 0.275. The third-order valence-electron chi connectivity index (χ3n) is 7.93. The average molecular weight is 525 g/mol. The average Bonchev–Trinajstić information content (AvgIpc) is 3.30. The van der Waals surface area contributed by atoms with Crippen LogP contribution in [0.3, 0.4) is 0 Å². The van der Waals surface area contributed by atoms with Crippen LogP contribution in [0.1, 0.15) is 57.2 Å². The van der Waals surface area contributed by atoms with E-state index in [1.807, 2.05) is 24.3 Å². The second-order valence-electron chi connectivity index (χ2n) is 10.6. The van der Waals surface area contributed by atoms with Crippen molar-refractivity contribution < 1.29 is 9.47 Å². The van der Waals surface area contributed by atoms with Gasteiger partial charge in [0.15, 0.2) is 0 Å². The van der Waals surface area contributed by atoms with Gasteiger partial charge in [0.25, 0.3) is 0 Å². The van der Waals surface area contributed by atoms with Crippen LogP contribution in [-0.4, -0.2) is 42.3 Å². The molecular weight excluding hydrogens is 484 g/mol. The Bertz CT molecular complexity index is 1100. The smallest absolute Gasteiger partial charge is 0.148 e. The van der Waals surface area contributed by atoms with E-state index in [0.717, 1.165) is 92.4 Å². The van der Waals surface area contributed by atoms with Crippen LogP contribution in [0, 0.1) is 11.8 Å². The topological polar surface area (TPSA) is 60.3 Å². The number of imidazole rings is 1. The minimum absolute atomic E-state index is 0.415. The monoisotopic (exact) mass is 524 g/mol. The zero-order valence-corrected chi connectivity index (χ0v) is 22.6. The maximum Gasteiger partial charge on any atom is 0.148 e. The van der Waals surface area contributed by atoms with E-state index in [9.17, 15) is 0 Å². The van der Waals surface area contributed by atoms with Crippen molar-refractivity contribution in [3.63, 3.8) is 0 Å². The van der Waals surface area contributed by atoms with Crippen LogP contribution in [0.15, 0.2) is 42.5 Å². The van der Waals surface area contributed by atoms with Crippen LogP contribution in [0.5, 0.6) is 11.5 Å². The molecule has 3 aromatic rings. The van der Waals surface area contributed by atoms with Crippen molar-refractivity contribution in [2.75, 3.05) is 32.8 Å². The molecular formula is C30H41ClN4O2. The summed E-state index contributed by atoms with van der Waals surface area (Å²) in [5.41, 5.74) is 2.08. The highest BCUT2D eigenvalue weighted by molar-refractivity contribution is 6.30. The molecule has 2 aliphatic heterocycles. The van der Waals surface area contributed by atoms with Crippen LogP contribution in [-0.2, 0) is 13.2 Å². The molecule has 2 fully saturated rings. The number of rotatable bonds is 12. The van der Waals surface area contributed by atoms with Crippen LogP contribution < -0.4 is 20.1 Å². The lowest BCUT2D eigenvalue weighted by Gasteiger charge is -2.22. The molecule has 7 heteroatoms. The molecule has 0 radical (unpaired) electrons. The summed E-state index contributed by atoms with van der Waals surface area (Å²) in [5.74, 6) is 4.28. The van der Waals surface area contributed by atoms with Crippen molar-refractivity contribution in [3.8, 4) is 11.5 Å². The molecule has 0 bridgehead atoms. The van der Waals surface area contributed by atoms with Gasteiger partial charge in [0.05, 0.1) is 12.1 Å². The summed E-state index contributed by atoms with van der Waals surface area (Å²) in [6, 6.07) is 13.8. The molecule has 200 valence electrons. The lowest BCUT2D eigenvalue weighted by atomic mass is 9.93. The van der Waals surface area contributed by atoms with E-state index in [1.165, 1.54) is 38.5 Å². The number of halogens is 1. The Kier molecular flexibility index (Phi) is 9.60. The van der Waals surface area contributed by atoms with Crippen molar-refractivity contribution in [3.05, 3.63) is 53.3 Å². The summed E-state index contributed by atoms with van der Waals surface area (Å²) in [7, 11) is 0.